The molecule has 4 nitrogen and oxygen atoms in total. The Hall–Kier alpha value is -1.94. The number of nitrogen functional groups attached to an aromatic ring is 1. The fourth-order valence-corrected chi connectivity index (χ4v) is 2.48. The second-order valence-electron chi connectivity index (χ2n) is 5.51. The lowest BCUT2D eigenvalue weighted by atomic mass is 10.0. The molecular weight excluding hydrogens is 248 g/mol. The summed E-state index contributed by atoms with van der Waals surface area (Å²) in [4.78, 5) is 9.27. The number of benzene rings is 1. The first kappa shape index (κ1) is 14.5. The van der Waals surface area contributed by atoms with E-state index in [9.17, 15) is 0 Å². The minimum atomic E-state index is 0.328. The summed E-state index contributed by atoms with van der Waals surface area (Å²) in [6, 6.07) is 6.30. The summed E-state index contributed by atoms with van der Waals surface area (Å²) >= 11 is 0. The molecule has 106 valence electrons. The number of nitrogens with zero attached hydrogens (tertiary/aromatic N) is 2. The Bertz CT molecular complexity index is 633. The molecular formula is C16H22N4. The van der Waals surface area contributed by atoms with Gasteiger partial charge in [0.2, 0.25) is 0 Å². The third kappa shape index (κ3) is 2.65. The van der Waals surface area contributed by atoms with Gasteiger partial charge in [-0.3, -0.25) is 0 Å². The molecule has 0 radical (unpaired) electrons. The van der Waals surface area contributed by atoms with Gasteiger partial charge >= 0.3 is 0 Å². The van der Waals surface area contributed by atoms with Gasteiger partial charge in [0.25, 0.3) is 0 Å². The van der Waals surface area contributed by atoms with Crippen LogP contribution in [0.25, 0.3) is 11.4 Å². The number of aryl methyl sites for hydroxylation is 3. The van der Waals surface area contributed by atoms with Crippen molar-refractivity contribution in [2.24, 2.45) is 5.84 Å². The van der Waals surface area contributed by atoms with Gasteiger partial charge in [0.1, 0.15) is 5.82 Å². The van der Waals surface area contributed by atoms with Crippen LogP contribution in [0.15, 0.2) is 18.2 Å². The van der Waals surface area contributed by atoms with E-state index in [0.29, 0.717) is 11.7 Å². The highest BCUT2D eigenvalue weighted by Crippen LogP contribution is 2.29. The van der Waals surface area contributed by atoms with Crippen molar-refractivity contribution in [1.29, 1.82) is 0 Å². The number of hydrazine groups is 1. The summed E-state index contributed by atoms with van der Waals surface area (Å²) in [5, 5.41) is 0. The van der Waals surface area contributed by atoms with Gasteiger partial charge in [-0.15, -0.1) is 0 Å². The molecule has 0 aliphatic rings. The first-order valence-electron chi connectivity index (χ1n) is 6.86. The Morgan fingerprint density at radius 2 is 1.80 bits per heavy atom. The minimum Gasteiger partial charge on any atom is -0.308 e. The topological polar surface area (TPSA) is 63.8 Å². The standard InChI is InChI=1S/C16H22N4/c1-9(2)14-12(5)18-15(19-16(14)20-17)13-8-10(3)6-7-11(13)4/h6-9H,17H2,1-5H3,(H,18,19,20). The maximum absolute atomic E-state index is 5.63. The molecule has 0 unspecified atom stereocenters. The first-order valence-corrected chi connectivity index (χ1v) is 6.86. The molecule has 20 heavy (non-hydrogen) atoms. The summed E-state index contributed by atoms with van der Waals surface area (Å²) in [7, 11) is 0. The van der Waals surface area contributed by atoms with Crippen LogP contribution in [-0.4, -0.2) is 9.97 Å². The predicted octanol–water partition coefficient (Wildman–Crippen LogP) is 3.48. The molecule has 0 saturated heterocycles. The molecule has 1 aromatic heterocycles. The quantitative estimate of drug-likeness (QED) is 0.662. The van der Waals surface area contributed by atoms with Gasteiger partial charge in [0.05, 0.1) is 0 Å². The lowest BCUT2D eigenvalue weighted by molar-refractivity contribution is 0.831. The molecule has 1 heterocycles. The Labute approximate surface area is 120 Å². The molecule has 0 bridgehead atoms. The maximum Gasteiger partial charge on any atom is 0.162 e. The molecule has 3 N–H and O–H groups in total. The van der Waals surface area contributed by atoms with Crippen molar-refractivity contribution in [3.8, 4) is 11.4 Å². The van der Waals surface area contributed by atoms with Gasteiger partial charge in [-0.2, -0.15) is 0 Å². The van der Waals surface area contributed by atoms with Gasteiger partial charge in [0, 0.05) is 16.8 Å². The van der Waals surface area contributed by atoms with Crippen molar-refractivity contribution in [1.82, 2.24) is 9.97 Å². The Morgan fingerprint density at radius 1 is 1.10 bits per heavy atom. The van der Waals surface area contributed by atoms with Crippen LogP contribution in [0.3, 0.4) is 0 Å². The van der Waals surface area contributed by atoms with Crippen LogP contribution in [-0.2, 0) is 0 Å². The fourth-order valence-electron chi connectivity index (χ4n) is 2.48. The van der Waals surface area contributed by atoms with Gasteiger partial charge in [-0.05, 0) is 38.3 Å². The second kappa shape index (κ2) is 5.59. The highest BCUT2D eigenvalue weighted by Gasteiger charge is 2.15. The Kier molecular flexibility index (Phi) is 4.04. The van der Waals surface area contributed by atoms with E-state index in [2.05, 4.69) is 61.3 Å². The zero-order valence-electron chi connectivity index (χ0n) is 12.8. The molecule has 0 saturated carbocycles. The molecule has 4 heteroatoms. The van der Waals surface area contributed by atoms with Crippen LogP contribution in [0.1, 0.15) is 42.1 Å². The van der Waals surface area contributed by atoms with E-state index < -0.39 is 0 Å². The van der Waals surface area contributed by atoms with Crippen molar-refractivity contribution in [3.05, 3.63) is 40.6 Å². The summed E-state index contributed by atoms with van der Waals surface area (Å²) in [5.74, 6) is 7.39. The van der Waals surface area contributed by atoms with E-state index in [1.165, 1.54) is 5.56 Å². The molecule has 0 spiro atoms. The summed E-state index contributed by atoms with van der Waals surface area (Å²) in [6.07, 6.45) is 0. The first-order chi connectivity index (χ1) is 9.43. The SMILES string of the molecule is Cc1ccc(C)c(-c2nc(C)c(C(C)C)c(NN)n2)c1. The molecule has 0 amide bonds. The van der Waals surface area contributed by atoms with E-state index >= 15 is 0 Å². The average molecular weight is 270 g/mol. The summed E-state index contributed by atoms with van der Waals surface area (Å²) in [5.41, 5.74) is 8.17. The van der Waals surface area contributed by atoms with E-state index in [1.807, 2.05) is 6.92 Å². The number of nitrogens with one attached hydrogen (secondary N) is 1. The number of hydrogen-bond donors (Lipinski definition) is 2. The lowest BCUT2D eigenvalue weighted by Gasteiger charge is -2.16. The third-order valence-corrected chi connectivity index (χ3v) is 3.48. The van der Waals surface area contributed by atoms with Crippen molar-refractivity contribution < 1.29 is 0 Å². The van der Waals surface area contributed by atoms with Crippen molar-refractivity contribution in [2.75, 3.05) is 5.43 Å². The minimum absolute atomic E-state index is 0.328. The van der Waals surface area contributed by atoms with Gasteiger partial charge < -0.3 is 5.43 Å². The van der Waals surface area contributed by atoms with Crippen LogP contribution >= 0.6 is 0 Å². The fraction of sp³-hybridized carbons (Fsp3) is 0.375. The normalized spacial score (nSPS) is 10.9. The molecule has 0 fully saturated rings. The number of hydrogen-bond acceptors (Lipinski definition) is 4. The van der Waals surface area contributed by atoms with E-state index in [1.54, 1.807) is 0 Å². The van der Waals surface area contributed by atoms with Gasteiger partial charge in [-0.1, -0.05) is 31.5 Å². The number of aromatic nitrogens is 2. The Balaban J connectivity index is 2.64. The van der Waals surface area contributed by atoms with Crippen LogP contribution in [0.5, 0.6) is 0 Å². The molecule has 0 atom stereocenters. The number of nitrogens with two attached hydrogens (primary N) is 1. The number of rotatable bonds is 3. The van der Waals surface area contributed by atoms with Crippen molar-refractivity contribution >= 4 is 5.82 Å². The highest BCUT2D eigenvalue weighted by molar-refractivity contribution is 5.64. The summed E-state index contributed by atoms with van der Waals surface area (Å²) < 4.78 is 0. The van der Waals surface area contributed by atoms with Crippen LogP contribution in [0, 0.1) is 20.8 Å². The monoisotopic (exact) mass is 270 g/mol. The van der Waals surface area contributed by atoms with E-state index in [0.717, 1.165) is 28.2 Å². The number of anilines is 1. The molecule has 0 aliphatic heterocycles. The van der Waals surface area contributed by atoms with Crippen molar-refractivity contribution in [2.45, 2.75) is 40.5 Å². The third-order valence-electron chi connectivity index (χ3n) is 3.48. The smallest absolute Gasteiger partial charge is 0.162 e. The average Bonchev–Trinajstić information content (AvgIpc) is 2.40. The van der Waals surface area contributed by atoms with Crippen LogP contribution in [0.4, 0.5) is 5.82 Å². The zero-order chi connectivity index (χ0) is 14.9. The largest absolute Gasteiger partial charge is 0.308 e. The van der Waals surface area contributed by atoms with E-state index in [-0.39, 0.29) is 0 Å². The molecule has 1 aromatic carbocycles. The van der Waals surface area contributed by atoms with E-state index in [4.69, 9.17) is 5.84 Å². The molecule has 0 aliphatic carbocycles. The summed E-state index contributed by atoms with van der Waals surface area (Å²) in [6.45, 7) is 10.4. The Morgan fingerprint density at radius 3 is 2.40 bits per heavy atom. The lowest BCUT2D eigenvalue weighted by Crippen LogP contribution is -2.14. The molecule has 2 rings (SSSR count). The van der Waals surface area contributed by atoms with Crippen molar-refractivity contribution in [3.63, 3.8) is 0 Å². The highest BCUT2D eigenvalue weighted by atomic mass is 15.3. The predicted molar refractivity (Wildman–Crippen MR) is 83.6 cm³/mol. The molecule has 2 aromatic rings. The van der Waals surface area contributed by atoms with Gasteiger partial charge in [0.15, 0.2) is 5.82 Å². The maximum atomic E-state index is 5.63. The zero-order valence-corrected chi connectivity index (χ0v) is 12.8. The van der Waals surface area contributed by atoms with Crippen LogP contribution in [0.2, 0.25) is 0 Å². The van der Waals surface area contributed by atoms with Crippen LogP contribution < -0.4 is 11.3 Å². The second-order valence-corrected chi connectivity index (χ2v) is 5.51. The van der Waals surface area contributed by atoms with Gasteiger partial charge in [-0.25, -0.2) is 15.8 Å².